The molecule has 1 aliphatic rings. The fourth-order valence-corrected chi connectivity index (χ4v) is 2.97. The zero-order valence-corrected chi connectivity index (χ0v) is 12.6. The van der Waals surface area contributed by atoms with Crippen LogP contribution in [0.15, 0.2) is 24.3 Å². The first-order chi connectivity index (χ1) is 9.61. The number of ether oxygens (including phenoxy) is 2. The lowest BCUT2D eigenvalue weighted by molar-refractivity contribution is -0.0474. The lowest BCUT2D eigenvalue weighted by atomic mass is 9.75. The van der Waals surface area contributed by atoms with Crippen molar-refractivity contribution in [1.29, 1.82) is 0 Å². The fourth-order valence-electron chi connectivity index (χ4n) is 2.97. The molecule has 110 valence electrons. The normalized spacial score (nSPS) is 26.2. The van der Waals surface area contributed by atoms with Gasteiger partial charge in [-0.2, -0.15) is 0 Å². The van der Waals surface area contributed by atoms with Crippen LogP contribution in [-0.4, -0.2) is 25.1 Å². The molecule has 0 saturated heterocycles. The van der Waals surface area contributed by atoms with Crippen LogP contribution in [0.25, 0.3) is 0 Å². The Bertz CT molecular complexity index is 459. The van der Waals surface area contributed by atoms with Gasteiger partial charge in [-0.1, -0.05) is 19.1 Å². The molecule has 1 saturated carbocycles. The zero-order chi connectivity index (χ0) is 14.6. The van der Waals surface area contributed by atoms with Gasteiger partial charge in [-0.15, -0.1) is 0 Å². The van der Waals surface area contributed by atoms with E-state index in [0.717, 1.165) is 25.7 Å². The number of Topliss-reactive ketones (excluding diaryl/α,β-unsaturated/α-hetero) is 1. The number of carbonyl (C=O) groups excluding carboxylic acids is 1. The summed E-state index contributed by atoms with van der Waals surface area (Å²) in [5, 5.41) is 0. The monoisotopic (exact) mass is 276 g/mol. The number of ketones is 1. The summed E-state index contributed by atoms with van der Waals surface area (Å²) in [4.78, 5) is 12.9. The second kappa shape index (κ2) is 6.40. The summed E-state index contributed by atoms with van der Waals surface area (Å²) in [7, 11) is 1.62. The van der Waals surface area contributed by atoms with Crippen molar-refractivity contribution >= 4 is 5.78 Å². The Morgan fingerprint density at radius 2 is 2.05 bits per heavy atom. The van der Waals surface area contributed by atoms with Crippen LogP contribution in [0.4, 0.5) is 0 Å². The SMILES string of the molecule is CCOC1(C(=O)c2cccc(OC)c2)CCC(C)CC1. The van der Waals surface area contributed by atoms with Crippen LogP contribution in [0.3, 0.4) is 0 Å². The van der Waals surface area contributed by atoms with Crippen LogP contribution >= 0.6 is 0 Å². The van der Waals surface area contributed by atoms with E-state index in [2.05, 4.69) is 6.92 Å². The highest BCUT2D eigenvalue weighted by Gasteiger charge is 2.42. The number of benzene rings is 1. The second-order valence-electron chi connectivity index (χ2n) is 5.67. The van der Waals surface area contributed by atoms with Gasteiger partial charge in [-0.3, -0.25) is 4.79 Å². The second-order valence-corrected chi connectivity index (χ2v) is 5.67. The smallest absolute Gasteiger partial charge is 0.194 e. The third kappa shape index (κ3) is 3.04. The lowest BCUT2D eigenvalue weighted by Gasteiger charge is -2.37. The van der Waals surface area contributed by atoms with Crippen LogP contribution in [-0.2, 0) is 4.74 Å². The average Bonchev–Trinajstić information content (AvgIpc) is 2.49. The van der Waals surface area contributed by atoms with E-state index in [-0.39, 0.29) is 5.78 Å². The van der Waals surface area contributed by atoms with Crippen LogP contribution < -0.4 is 4.74 Å². The summed E-state index contributed by atoms with van der Waals surface area (Å²) < 4.78 is 11.1. The number of hydrogen-bond donors (Lipinski definition) is 0. The Hall–Kier alpha value is -1.35. The predicted molar refractivity (Wildman–Crippen MR) is 79.3 cm³/mol. The van der Waals surface area contributed by atoms with E-state index >= 15 is 0 Å². The van der Waals surface area contributed by atoms with Crippen LogP contribution in [0.2, 0.25) is 0 Å². The van der Waals surface area contributed by atoms with Gasteiger partial charge < -0.3 is 9.47 Å². The highest BCUT2D eigenvalue weighted by molar-refractivity contribution is 6.02. The van der Waals surface area contributed by atoms with Gasteiger partial charge in [0.15, 0.2) is 5.78 Å². The van der Waals surface area contributed by atoms with Crippen molar-refractivity contribution in [2.24, 2.45) is 5.92 Å². The Kier molecular flexibility index (Phi) is 4.81. The molecule has 1 aromatic rings. The van der Waals surface area contributed by atoms with E-state index in [9.17, 15) is 4.79 Å². The van der Waals surface area contributed by atoms with Crippen LogP contribution in [0.5, 0.6) is 5.75 Å². The summed E-state index contributed by atoms with van der Waals surface area (Å²) in [6, 6.07) is 7.37. The van der Waals surface area contributed by atoms with Crippen molar-refractivity contribution < 1.29 is 14.3 Å². The molecule has 0 spiro atoms. The summed E-state index contributed by atoms with van der Waals surface area (Å²) in [6.45, 7) is 4.77. The van der Waals surface area contributed by atoms with Crippen molar-refractivity contribution in [3.05, 3.63) is 29.8 Å². The minimum absolute atomic E-state index is 0.102. The van der Waals surface area contributed by atoms with Crippen LogP contribution in [0, 0.1) is 5.92 Å². The summed E-state index contributed by atoms with van der Waals surface area (Å²) in [5.41, 5.74) is 0.0560. The first-order valence-corrected chi connectivity index (χ1v) is 7.44. The van der Waals surface area contributed by atoms with E-state index in [0.29, 0.717) is 23.8 Å². The predicted octanol–water partition coefficient (Wildman–Crippen LogP) is 3.86. The van der Waals surface area contributed by atoms with E-state index in [1.54, 1.807) is 13.2 Å². The number of hydrogen-bond acceptors (Lipinski definition) is 3. The van der Waals surface area contributed by atoms with Gasteiger partial charge >= 0.3 is 0 Å². The molecule has 1 aromatic carbocycles. The van der Waals surface area contributed by atoms with E-state index in [4.69, 9.17) is 9.47 Å². The maximum Gasteiger partial charge on any atom is 0.194 e. The largest absolute Gasteiger partial charge is 0.497 e. The molecular formula is C17H24O3. The average molecular weight is 276 g/mol. The zero-order valence-electron chi connectivity index (χ0n) is 12.6. The highest BCUT2D eigenvalue weighted by Crippen LogP contribution is 2.37. The summed E-state index contributed by atoms with van der Waals surface area (Å²) in [5.74, 6) is 1.50. The molecule has 0 atom stereocenters. The topological polar surface area (TPSA) is 35.5 Å². The Balaban J connectivity index is 2.26. The van der Waals surface area contributed by atoms with E-state index < -0.39 is 5.60 Å². The molecule has 3 heteroatoms. The molecule has 0 unspecified atom stereocenters. The van der Waals surface area contributed by atoms with Gasteiger partial charge in [-0.25, -0.2) is 0 Å². The van der Waals surface area contributed by atoms with Crippen molar-refractivity contribution in [3.63, 3.8) is 0 Å². The van der Waals surface area contributed by atoms with Crippen molar-refractivity contribution in [2.75, 3.05) is 13.7 Å². The third-order valence-electron chi connectivity index (χ3n) is 4.25. The lowest BCUT2D eigenvalue weighted by Crippen LogP contribution is -2.44. The number of rotatable bonds is 5. The molecule has 0 amide bonds. The molecular weight excluding hydrogens is 252 g/mol. The quantitative estimate of drug-likeness (QED) is 0.766. The van der Waals surface area contributed by atoms with Crippen LogP contribution in [0.1, 0.15) is 49.9 Å². The van der Waals surface area contributed by atoms with E-state index in [1.807, 2.05) is 25.1 Å². The maximum absolute atomic E-state index is 12.9. The van der Waals surface area contributed by atoms with Gasteiger partial charge in [0.25, 0.3) is 0 Å². The maximum atomic E-state index is 12.9. The highest BCUT2D eigenvalue weighted by atomic mass is 16.5. The van der Waals surface area contributed by atoms with Gasteiger partial charge in [0, 0.05) is 12.2 Å². The van der Waals surface area contributed by atoms with Gasteiger partial charge in [-0.05, 0) is 50.7 Å². The molecule has 0 bridgehead atoms. The molecule has 0 aliphatic heterocycles. The summed E-state index contributed by atoms with van der Waals surface area (Å²) in [6.07, 6.45) is 3.74. The molecule has 0 aromatic heterocycles. The van der Waals surface area contributed by atoms with Crippen molar-refractivity contribution in [3.8, 4) is 5.75 Å². The Morgan fingerprint density at radius 3 is 2.65 bits per heavy atom. The molecule has 20 heavy (non-hydrogen) atoms. The molecule has 0 N–H and O–H groups in total. The Labute approximate surface area is 121 Å². The Morgan fingerprint density at radius 1 is 1.35 bits per heavy atom. The molecule has 1 aliphatic carbocycles. The van der Waals surface area contributed by atoms with Gasteiger partial charge in [0.1, 0.15) is 11.4 Å². The van der Waals surface area contributed by atoms with Gasteiger partial charge in [0.2, 0.25) is 0 Å². The standard InChI is InChI=1S/C17H24O3/c1-4-20-17(10-8-13(2)9-11-17)16(18)14-6-5-7-15(12-14)19-3/h5-7,12-13H,4,8-11H2,1-3H3. The number of methoxy groups -OCH3 is 1. The first-order valence-electron chi connectivity index (χ1n) is 7.44. The summed E-state index contributed by atoms with van der Waals surface area (Å²) >= 11 is 0. The van der Waals surface area contributed by atoms with E-state index in [1.165, 1.54) is 0 Å². The minimum Gasteiger partial charge on any atom is -0.497 e. The minimum atomic E-state index is -0.631. The third-order valence-corrected chi connectivity index (χ3v) is 4.25. The molecule has 0 heterocycles. The molecule has 0 radical (unpaired) electrons. The molecule has 1 fully saturated rings. The van der Waals surface area contributed by atoms with Crippen molar-refractivity contribution in [1.82, 2.24) is 0 Å². The number of carbonyl (C=O) groups is 1. The van der Waals surface area contributed by atoms with Gasteiger partial charge in [0.05, 0.1) is 7.11 Å². The molecule has 3 nitrogen and oxygen atoms in total. The fraction of sp³-hybridized carbons (Fsp3) is 0.588. The van der Waals surface area contributed by atoms with Crippen molar-refractivity contribution in [2.45, 2.75) is 45.1 Å². The molecule has 2 rings (SSSR count). The first kappa shape index (κ1) is 15.0.